The van der Waals surface area contributed by atoms with Crippen LogP contribution in [0.3, 0.4) is 0 Å². The number of rotatable bonds is 2. The van der Waals surface area contributed by atoms with E-state index < -0.39 is 0 Å². The van der Waals surface area contributed by atoms with Crippen molar-refractivity contribution >= 4 is 38.5 Å². The summed E-state index contributed by atoms with van der Waals surface area (Å²) in [5, 5.41) is 4.70. The van der Waals surface area contributed by atoms with E-state index in [1.54, 1.807) is 23.9 Å². The predicted molar refractivity (Wildman–Crippen MR) is 85.5 cm³/mol. The van der Waals surface area contributed by atoms with Crippen LogP contribution in [0.4, 0.5) is 10.1 Å². The second-order valence-corrected chi connectivity index (χ2v) is 8.05. The summed E-state index contributed by atoms with van der Waals surface area (Å²) in [6, 6.07) is 4.90. The summed E-state index contributed by atoms with van der Waals surface area (Å²) in [7, 11) is 0. The van der Waals surface area contributed by atoms with Crippen molar-refractivity contribution in [3.8, 4) is 0 Å². The van der Waals surface area contributed by atoms with Crippen molar-refractivity contribution in [2.24, 2.45) is 10.4 Å². The summed E-state index contributed by atoms with van der Waals surface area (Å²) in [6.45, 7) is 7.59. The summed E-state index contributed by atoms with van der Waals surface area (Å²) < 4.78 is 13.6. The molecule has 0 aliphatic carbocycles. The highest BCUT2D eigenvalue weighted by Crippen LogP contribution is 2.32. The standard InChI is InChI=1S/C14H18BrFN2S/c1-14(2,3)7-10-8-17-13(19-10)18-9-4-5-12(16)11(15)6-9/h4-6,10H,7-8H2,1-3H3,(H,17,18). The molecule has 0 saturated heterocycles. The van der Waals surface area contributed by atoms with Crippen LogP contribution in [0, 0.1) is 11.2 Å². The Morgan fingerprint density at radius 2 is 2.21 bits per heavy atom. The first-order valence-electron chi connectivity index (χ1n) is 6.27. The first kappa shape index (κ1) is 14.9. The number of anilines is 1. The molecule has 0 fully saturated rings. The van der Waals surface area contributed by atoms with Crippen LogP contribution in [0.1, 0.15) is 27.2 Å². The van der Waals surface area contributed by atoms with Crippen molar-refractivity contribution in [2.45, 2.75) is 32.4 Å². The average Bonchev–Trinajstić information content (AvgIpc) is 2.68. The molecule has 104 valence electrons. The number of nitrogens with zero attached hydrogens (tertiary/aromatic N) is 1. The third-order valence-corrected chi connectivity index (χ3v) is 4.44. The van der Waals surface area contributed by atoms with Crippen molar-refractivity contribution in [1.29, 1.82) is 0 Å². The molecule has 2 rings (SSSR count). The molecule has 0 aromatic heterocycles. The topological polar surface area (TPSA) is 24.4 Å². The maximum Gasteiger partial charge on any atom is 0.161 e. The van der Waals surface area contributed by atoms with Gasteiger partial charge in [-0.15, -0.1) is 0 Å². The molecule has 5 heteroatoms. The van der Waals surface area contributed by atoms with Crippen molar-refractivity contribution in [3.63, 3.8) is 0 Å². The van der Waals surface area contributed by atoms with E-state index in [1.807, 2.05) is 0 Å². The maximum absolute atomic E-state index is 13.2. The van der Waals surface area contributed by atoms with Gasteiger partial charge in [0.05, 0.1) is 11.0 Å². The molecule has 1 unspecified atom stereocenters. The molecule has 0 bridgehead atoms. The Kier molecular flexibility index (Phi) is 4.56. The SMILES string of the molecule is CC(C)(C)CC1CN=C(Nc2ccc(F)c(Br)c2)S1. The van der Waals surface area contributed by atoms with Crippen molar-refractivity contribution in [3.05, 3.63) is 28.5 Å². The fraction of sp³-hybridized carbons (Fsp3) is 0.500. The molecule has 1 aliphatic rings. The molecule has 0 radical (unpaired) electrons. The fourth-order valence-corrected chi connectivity index (χ4v) is 3.73. The summed E-state index contributed by atoms with van der Waals surface area (Å²) >= 11 is 4.96. The van der Waals surface area contributed by atoms with Crippen LogP contribution in [-0.2, 0) is 0 Å². The molecule has 1 aromatic rings. The summed E-state index contributed by atoms with van der Waals surface area (Å²) in [4.78, 5) is 4.51. The van der Waals surface area contributed by atoms with E-state index in [0.29, 0.717) is 15.1 Å². The summed E-state index contributed by atoms with van der Waals surface area (Å²) in [6.07, 6.45) is 1.14. The Morgan fingerprint density at radius 3 is 2.84 bits per heavy atom. The zero-order valence-corrected chi connectivity index (χ0v) is 13.7. The second-order valence-electron chi connectivity index (χ2n) is 5.90. The number of hydrogen-bond donors (Lipinski definition) is 1. The number of thioether (sulfide) groups is 1. The number of hydrogen-bond acceptors (Lipinski definition) is 3. The minimum absolute atomic E-state index is 0.253. The van der Waals surface area contributed by atoms with Crippen LogP contribution < -0.4 is 5.32 Å². The van der Waals surface area contributed by atoms with Crippen molar-refractivity contribution in [1.82, 2.24) is 0 Å². The lowest BCUT2D eigenvalue weighted by Gasteiger charge is -2.21. The Morgan fingerprint density at radius 1 is 1.47 bits per heavy atom. The van der Waals surface area contributed by atoms with E-state index in [9.17, 15) is 4.39 Å². The minimum atomic E-state index is -0.253. The van der Waals surface area contributed by atoms with Crippen LogP contribution in [0.5, 0.6) is 0 Å². The third kappa shape index (κ3) is 4.49. The number of halogens is 2. The average molecular weight is 345 g/mol. The van der Waals surface area contributed by atoms with E-state index in [2.05, 4.69) is 47.0 Å². The maximum atomic E-state index is 13.2. The lowest BCUT2D eigenvalue weighted by atomic mass is 9.90. The molecule has 1 heterocycles. The first-order valence-corrected chi connectivity index (χ1v) is 7.94. The Bertz CT molecular complexity index is 497. The van der Waals surface area contributed by atoms with Crippen LogP contribution in [0.2, 0.25) is 0 Å². The Labute approximate surface area is 126 Å². The molecule has 19 heavy (non-hydrogen) atoms. The van der Waals surface area contributed by atoms with Gasteiger partial charge >= 0.3 is 0 Å². The molecular formula is C14H18BrFN2S. The van der Waals surface area contributed by atoms with E-state index in [0.717, 1.165) is 23.8 Å². The van der Waals surface area contributed by atoms with Crippen LogP contribution >= 0.6 is 27.7 Å². The summed E-state index contributed by atoms with van der Waals surface area (Å²) in [5.74, 6) is -0.253. The van der Waals surface area contributed by atoms with Crippen molar-refractivity contribution < 1.29 is 4.39 Å². The van der Waals surface area contributed by atoms with Crippen LogP contribution in [0.25, 0.3) is 0 Å². The molecule has 0 spiro atoms. The van der Waals surface area contributed by atoms with E-state index >= 15 is 0 Å². The van der Waals surface area contributed by atoms with Gasteiger partial charge in [-0.25, -0.2) is 4.39 Å². The van der Waals surface area contributed by atoms with Crippen molar-refractivity contribution in [2.75, 3.05) is 11.9 Å². The second kappa shape index (κ2) is 5.83. The van der Waals surface area contributed by atoms with Gasteiger partial charge in [-0.05, 0) is 46.0 Å². The molecule has 1 N–H and O–H groups in total. The summed E-state index contributed by atoms with van der Waals surface area (Å²) in [5.41, 5.74) is 1.18. The van der Waals surface area contributed by atoms with Gasteiger partial charge in [-0.2, -0.15) is 0 Å². The minimum Gasteiger partial charge on any atom is -0.335 e. The number of aliphatic imine (C=N–C) groups is 1. The molecule has 0 amide bonds. The Balaban J connectivity index is 1.93. The number of nitrogens with one attached hydrogen (secondary N) is 1. The quantitative estimate of drug-likeness (QED) is 0.824. The molecule has 2 nitrogen and oxygen atoms in total. The van der Waals surface area contributed by atoms with Gasteiger partial charge in [0.25, 0.3) is 0 Å². The van der Waals surface area contributed by atoms with Gasteiger partial charge in [-0.1, -0.05) is 32.5 Å². The smallest absolute Gasteiger partial charge is 0.161 e. The predicted octanol–water partition coefficient (Wildman–Crippen LogP) is 4.91. The molecule has 1 aromatic carbocycles. The largest absolute Gasteiger partial charge is 0.335 e. The van der Waals surface area contributed by atoms with E-state index in [1.165, 1.54) is 6.07 Å². The van der Waals surface area contributed by atoms with E-state index in [4.69, 9.17) is 0 Å². The van der Waals surface area contributed by atoms with Crippen LogP contribution in [-0.4, -0.2) is 17.0 Å². The monoisotopic (exact) mass is 344 g/mol. The highest BCUT2D eigenvalue weighted by Gasteiger charge is 2.25. The van der Waals surface area contributed by atoms with Gasteiger partial charge in [-0.3, -0.25) is 4.99 Å². The molecular weight excluding hydrogens is 327 g/mol. The van der Waals surface area contributed by atoms with Gasteiger partial charge < -0.3 is 5.32 Å². The highest BCUT2D eigenvalue weighted by atomic mass is 79.9. The van der Waals surface area contributed by atoms with Gasteiger partial charge in [0.2, 0.25) is 0 Å². The van der Waals surface area contributed by atoms with Gasteiger partial charge in [0, 0.05) is 10.9 Å². The Hall–Kier alpha value is -0.550. The zero-order valence-electron chi connectivity index (χ0n) is 11.3. The van der Waals surface area contributed by atoms with Crippen LogP contribution in [0.15, 0.2) is 27.7 Å². The van der Waals surface area contributed by atoms with Gasteiger partial charge in [0.1, 0.15) is 5.82 Å². The van der Waals surface area contributed by atoms with E-state index in [-0.39, 0.29) is 5.82 Å². The lowest BCUT2D eigenvalue weighted by Crippen LogP contribution is -2.16. The number of benzene rings is 1. The first-order chi connectivity index (χ1) is 8.83. The normalized spacial score (nSPS) is 19.4. The zero-order chi connectivity index (χ0) is 14.0. The molecule has 1 atom stereocenters. The highest BCUT2D eigenvalue weighted by molar-refractivity contribution is 9.10. The fourth-order valence-electron chi connectivity index (χ4n) is 1.97. The molecule has 1 aliphatic heterocycles. The third-order valence-electron chi connectivity index (χ3n) is 2.73. The number of amidine groups is 1. The molecule has 0 saturated carbocycles. The lowest BCUT2D eigenvalue weighted by molar-refractivity contribution is 0.375. The van der Waals surface area contributed by atoms with Gasteiger partial charge in [0.15, 0.2) is 5.17 Å².